The van der Waals surface area contributed by atoms with Gasteiger partial charge in [0.15, 0.2) is 0 Å². The number of amides is 2. The van der Waals surface area contributed by atoms with Crippen LogP contribution in [0.1, 0.15) is 17.5 Å². The topological polar surface area (TPSA) is 83.5 Å². The molecule has 0 atom stereocenters. The van der Waals surface area contributed by atoms with Crippen LogP contribution < -0.4 is 10.7 Å². The van der Waals surface area contributed by atoms with Crippen LogP contribution in [-0.4, -0.2) is 23.0 Å². The number of hydrogen-bond donors (Lipinski definition) is 2. The molecule has 1 aromatic heterocycles. The molecule has 0 saturated carbocycles. The Labute approximate surface area is 148 Å². The number of benzene rings is 1. The summed E-state index contributed by atoms with van der Waals surface area (Å²) in [6, 6.07) is 8.60. The van der Waals surface area contributed by atoms with Crippen LogP contribution in [0.2, 0.25) is 10.0 Å². The number of nitrogens with one attached hydrogen (secondary N) is 2. The fourth-order valence-electron chi connectivity index (χ4n) is 1.75. The van der Waals surface area contributed by atoms with Crippen molar-refractivity contribution in [2.24, 2.45) is 5.10 Å². The predicted molar refractivity (Wildman–Crippen MR) is 92.9 cm³/mol. The summed E-state index contributed by atoms with van der Waals surface area (Å²) >= 11 is 11.9. The van der Waals surface area contributed by atoms with E-state index in [0.717, 1.165) is 5.56 Å². The zero-order chi connectivity index (χ0) is 17.4. The first-order valence-corrected chi connectivity index (χ1v) is 7.73. The largest absolute Gasteiger partial charge is 0.352 e. The van der Waals surface area contributed by atoms with Gasteiger partial charge in [-0.1, -0.05) is 35.3 Å². The van der Waals surface area contributed by atoms with E-state index >= 15 is 0 Å². The van der Waals surface area contributed by atoms with E-state index in [-0.39, 0.29) is 6.42 Å². The average Bonchev–Trinajstić information content (AvgIpc) is 2.56. The number of rotatable bonds is 6. The number of hydrazone groups is 1. The monoisotopic (exact) mass is 364 g/mol. The highest BCUT2D eigenvalue weighted by Crippen LogP contribution is 2.21. The molecule has 8 heteroatoms. The van der Waals surface area contributed by atoms with Gasteiger partial charge in [-0.25, -0.2) is 5.43 Å². The molecule has 2 N–H and O–H groups in total. The van der Waals surface area contributed by atoms with Crippen LogP contribution in [0.5, 0.6) is 0 Å². The number of nitrogens with zero attached hydrogens (tertiary/aromatic N) is 2. The summed E-state index contributed by atoms with van der Waals surface area (Å²) in [7, 11) is 0. The van der Waals surface area contributed by atoms with Crippen molar-refractivity contribution in [3.05, 3.63) is 63.9 Å². The zero-order valence-electron chi connectivity index (χ0n) is 12.5. The fraction of sp³-hybridized carbons (Fsp3) is 0.125. The maximum atomic E-state index is 11.7. The highest BCUT2D eigenvalue weighted by molar-refractivity contribution is 6.38. The summed E-state index contributed by atoms with van der Waals surface area (Å²) in [6.07, 6.45) is 4.27. The maximum absolute atomic E-state index is 11.7. The van der Waals surface area contributed by atoms with Crippen molar-refractivity contribution < 1.29 is 9.59 Å². The van der Waals surface area contributed by atoms with Gasteiger partial charge in [0.2, 0.25) is 11.8 Å². The third-order valence-electron chi connectivity index (χ3n) is 2.92. The van der Waals surface area contributed by atoms with E-state index < -0.39 is 11.8 Å². The molecule has 124 valence electrons. The number of hydrogen-bond acceptors (Lipinski definition) is 4. The average molecular weight is 365 g/mol. The highest BCUT2D eigenvalue weighted by Gasteiger charge is 2.08. The van der Waals surface area contributed by atoms with Crippen LogP contribution in [-0.2, 0) is 16.1 Å². The summed E-state index contributed by atoms with van der Waals surface area (Å²) in [4.78, 5) is 27.3. The van der Waals surface area contributed by atoms with Crippen molar-refractivity contribution in [3.63, 3.8) is 0 Å². The molecule has 0 unspecified atom stereocenters. The van der Waals surface area contributed by atoms with E-state index in [1.54, 1.807) is 36.7 Å². The smallest absolute Gasteiger partial charge is 0.249 e. The van der Waals surface area contributed by atoms with Crippen molar-refractivity contribution in [1.29, 1.82) is 0 Å². The Morgan fingerprint density at radius 1 is 1.12 bits per heavy atom. The third-order valence-corrected chi connectivity index (χ3v) is 3.58. The molecule has 0 aliphatic rings. The van der Waals surface area contributed by atoms with Gasteiger partial charge in [-0.3, -0.25) is 14.6 Å². The highest BCUT2D eigenvalue weighted by atomic mass is 35.5. The van der Waals surface area contributed by atoms with Crippen LogP contribution in [0.15, 0.2) is 47.8 Å². The molecular weight excluding hydrogens is 351 g/mol. The molecule has 0 bridgehead atoms. The zero-order valence-corrected chi connectivity index (χ0v) is 14.0. The molecule has 0 saturated heterocycles. The molecule has 0 radical (unpaired) electrons. The van der Waals surface area contributed by atoms with Crippen molar-refractivity contribution in [2.45, 2.75) is 13.0 Å². The van der Waals surface area contributed by atoms with E-state index in [1.807, 2.05) is 6.07 Å². The van der Waals surface area contributed by atoms with Gasteiger partial charge in [-0.15, -0.1) is 0 Å². The van der Waals surface area contributed by atoms with Crippen LogP contribution in [0.4, 0.5) is 0 Å². The maximum Gasteiger partial charge on any atom is 0.249 e. The van der Waals surface area contributed by atoms with Gasteiger partial charge < -0.3 is 5.32 Å². The van der Waals surface area contributed by atoms with Crippen molar-refractivity contribution >= 4 is 41.2 Å². The molecule has 6 nitrogen and oxygen atoms in total. The van der Waals surface area contributed by atoms with E-state index in [4.69, 9.17) is 23.2 Å². The van der Waals surface area contributed by atoms with Gasteiger partial charge in [0.05, 0.1) is 16.3 Å². The second-order valence-corrected chi connectivity index (χ2v) is 5.56. The van der Waals surface area contributed by atoms with Crippen LogP contribution in [0, 0.1) is 0 Å². The summed E-state index contributed by atoms with van der Waals surface area (Å²) in [5.41, 5.74) is 3.59. The standard InChI is InChI=1S/C16H14Cl2N4O2/c17-13-4-1-5-14(18)12(13)10-21-22-16(24)7-15(23)20-9-11-3-2-6-19-8-11/h1-6,8,10H,7,9H2,(H,20,23)(H,22,24). The lowest BCUT2D eigenvalue weighted by atomic mass is 10.2. The van der Waals surface area contributed by atoms with E-state index in [9.17, 15) is 9.59 Å². The lowest BCUT2D eigenvalue weighted by Crippen LogP contribution is -2.29. The summed E-state index contributed by atoms with van der Waals surface area (Å²) in [5, 5.41) is 7.20. The minimum absolute atomic E-state index is 0.304. The van der Waals surface area contributed by atoms with Gasteiger partial charge in [0.25, 0.3) is 0 Å². The van der Waals surface area contributed by atoms with Crippen LogP contribution in [0.3, 0.4) is 0 Å². The lowest BCUT2D eigenvalue weighted by molar-refractivity contribution is -0.129. The van der Waals surface area contributed by atoms with Crippen molar-refractivity contribution in [2.75, 3.05) is 0 Å². The molecule has 0 aliphatic carbocycles. The number of aromatic nitrogens is 1. The second-order valence-electron chi connectivity index (χ2n) is 4.74. The lowest BCUT2D eigenvalue weighted by Gasteiger charge is -2.04. The molecule has 24 heavy (non-hydrogen) atoms. The molecule has 0 fully saturated rings. The SMILES string of the molecule is O=C(CC(=O)NN=Cc1c(Cl)cccc1Cl)NCc1cccnc1. The molecular formula is C16H14Cl2N4O2. The molecule has 2 aromatic rings. The van der Waals surface area contributed by atoms with Gasteiger partial charge in [-0.2, -0.15) is 5.10 Å². The molecule has 0 spiro atoms. The first-order chi connectivity index (χ1) is 11.6. The van der Waals surface area contributed by atoms with Gasteiger partial charge in [0.1, 0.15) is 6.42 Å². The van der Waals surface area contributed by atoms with Gasteiger partial charge in [0, 0.05) is 24.5 Å². The summed E-state index contributed by atoms with van der Waals surface area (Å²) in [5.74, 6) is -0.958. The Kier molecular flexibility index (Phi) is 6.72. The Morgan fingerprint density at radius 2 is 1.88 bits per heavy atom. The summed E-state index contributed by atoms with van der Waals surface area (Å²) < 4.78 is 0. The minimum atomic E-state index is -0.543. The van der Waals surface area contributed by atoms with Gasteiger partial charge >= 0.3 is 0 Å². The summed E-state index contributed by atoms with van der Waals surface area (Å²) in [6.45, 7) is 0.304. The normalized spacial score (nSPS) is 10.6. The van der Waals surface area contributed by atoms with Gasteiger partial charge in [-0.05, 0) is 23.8 Å². The third kappa shape index (κ3) is 5.64. The van der Waals surface area contributed by atoms with Crippen molar-refractivity contribution in [1.82, 2.24) is 15.7 Å². The molecule has 0 aliphatic heterocycles. The van der Waals surface area contributed by atoms with Crippen LogP contribution >= 0.6 is 23.2 Å². The number of halogens is 2. The molecule has 2 rings (SSSR count). The van der Waals surface area contributed by atoms with E-state index in [2.05, 4.69) is 20.8 Å². The first kappa shape index (κ1) is 17.9. The van der Waals surface area contributed by atoms with Crippen molar-refractivity contribution in [3.8, 4) is 0 Å². The quantitative estimate of drug-likeness (QED) is 0.469. The number of carbonyl (C=O) groups is 2. The van der Waals surface area contributed by atoms with E-state index in [1.165, 1.54) is 6.21 Å². The predicted octanol–water partition coefficient (Wildman–Crippen LogP) is 2.55. The number of pyridine rings is 1. The van der Waals surface area contributed by atoms with E-state index in [0.29, 0.717) is 22.2 Å². The molecule has 1 heterocycles. The Bertz CT molecular complexity index is 731. The Balaban J connectivity index is 1.78. The first-order valence-electron chi connectivity index (χ1n) is 6.98. The second kappa shape index (κ2) is 9.00. The Morgan fingerprint density at radius 3 is 2.54 bits per heavy atom. The molecule has 1 aromatic carbocycles. The fourth-order valence-corrected chi connectivity index (χ4v) is 2.25. The number of carbonyl (C=O) groups excluding carboxylic acids is 2. The minimum Gasteiger partial charge on any atom is -0.352 e. The van der Waals surface area contributed by atoms with Crippen LogP contribution in [0.25, 0.3) is 0 Å². The Hall–Kier alpha value is -2.44. The molecule has 2 amide bonds.